The number of hydrogen-bond acceptors (Lipinski definition) is 9. The summed E-state index contributed by atoms with van der Waals surface area (Å²) in [6.45, 7) is 4.41. The standard InChI is InChI=1S/C41H42ClF4N7O5S/c1-40(2)38(57)52(30-4-3-26(22-47)32(21-30)41(44,45)46)39(59)53(40)31-5-7-34(25(17-31)9-13-43)58-16-12-24-10-14-51(15-11-24)23-36(55)49-29-19-27(42)18-28(20-29)48-33-6-8-35(54)50-37(33)56/h3-5,7,17-21,24,33,48H,6,8-16,23H2,1-2H3,(H,49,55)(H,50,54,56). The van der Waals surface area contributed by atoms with Gasteiger partial charge in [-0.1, -0.05) is 11.6 Å². The van der Waals surface area contributed by atoms with E-state index in [-0.39, 0.29) is 42.0 Å². The first-order valence-electron chi connectivity index (χ1n) is 19.0. The van der Waals surface area contributed by atoms with Crippen LogP contribution in [0.2, 0.25) is 5.02 Å². The number of amides is 4. The zero-order valence-electron chi connectivity index (χ0n) is 32.3. The number of carbonyl (C=O) groups excluding carboxylic acids is 4. The van der Waals surface area contributed by atoms with Crippen LogP contribution in [0.5, 0.6) is 5.75 Å². The highest BCUT2D eigenvalue weighted by Gasteiger charge is 2.51. The Balaban J connectivity index is 1.02. The number of aryl methyl sites for hydroxylation is 1. The number of anilines is 4. The van der Waals surface area contributed by atoms with E-state index in [1.54, 1.807) is 50.2 Å². The summed E-state index contributed by atoms with van der Waals surface area (Å²) in [5, 5.41) is 17.8. The Labute approximate surface area is 348 Å². The van der Waals surface area contributed by atoms with Gasteiger partial charge in [0.05, 0.1) is 42.7 Å². The van der Waals surface area contributed by atoms with Crippen LogP contribution in [-0.2, 0) is 31.8 Å². The maximum absolute atomic E-state index is 13.8. The van der Waals surface area contributed by atoms with Crippen molar-refractivity contribution in [2.45, 2.75) is 70.1 Å². The second-order valence-corrected chi connectivity index (χ2v) is 16.0. The summed E-state index contributed by atoms with van der Waals surface area (Å²) in [4.78, 5) is 54.9. The third-order valence-electron chi connectivity index (χ3n) is 10.6. The van der Waals surface area contributed by atoms with E-state index < -0.39 is 47.4 Å². The average Bonchev–Trinajstić information content (AvgIpc) is 3.35. The molecule has 3 aliphatic rings. The summed E-state index contributed by atoms with van der Waals surface area (Å²) in [7, 11) is 0. The largest absolute Gasteiger partial charge is 0.493 e. The van der Waals surface area contributed by atoms with Gasteiger partial charge in [0.25, 0.3) is 5.91 Å². The highest BCUT2D eigenvalue weighted by atomic mass is 35.5. The van der Waals surface area contributed by atoms with E-state index in [9.17, 15) is 42.0 Å². The first kappa shape index (κ1) is 43.3. The number of alkyl halides is 4. The smallest absolute Gasteiger partial charge is 0.417 e. The molecular weight excluding hydrogens is 814 g/mol. The lowest BCUT2D eigenvalue weighted by Crippen LogP contribution is -2.47. The minimum atomic E-state index is -4.83. The zero-order chi connectivity index (χ0) is 42.6. The van der Waals surface area contributed by atoms with Crippen LogP contribution in [0.25, 0.3) is 0 Å². The number of nitrogens with one attached hydrogen (secondary N) is 3. The number of ether oxygens (including phenoxy) is 1. The molecule has 18 heteroatoms. The molecule has 3 saturated heterocycles. The highest BCUT2D eigenvalue weighted by molar-refractivity contribution is 7.81. The number of imide groups is 1. The summed E-state index contributed by atoms with van der Waals surface area (Å²) in [6.07, 6.45) is -1.86. The third-order valence-corrected chi connectivity index (χ3v) is 11.2. The van der Waals surface area contributed by atoms with E-state index in [0.717, 1.165) is 36.3 Å². The van der Waals surface area contributed by atoms with Gasteiger partial charge in [-0.3, -0.25) is 38.7 Å². The fourth-order valence-electron chi connectivity index (χ4n) is 7.55. The number of nitriles is 1. The summed E-state index contributed by atoms with van der Waals surface area (Å²) < 4.78 is 61.3. The SMILES string of the molecule is CC1(C)C(=O)N(c2ccc(C#N)c(C(F)(F)F)c2)C(=S)N1c1ccc(OCCC2CCN(CC(=O)Nc3cc(Cl)cc(NC4CCC(=O)NC4=O)c3)CC2)c(CCF)c1. The van der Waals surface area contributed by atoms with Gasteiger partial charge in [-0.15, -0.1) is 0 Å². The van der Waals surface area contributed by atoms with Crippen molar-refractivity contribution >= 4 is 75.3 Å². The van der Waals surface area contributed by atoms with E-state index in [1.165, 1.54) is 17.0 Å². The molecule has 3 aliphatic heterocycles. The molecule has 1 unspecified atom stereocenters. The Kier molecular flexibility index (Phi) is 13.1. The number of likely N-dealkylation sites (tertiary alicyclic amines) is 1. The van der Waals surface area contributed by atoms with E-state index in [4.69, 9.17) is 28.6 Å². The molecule has 12 nitrogen and oxygen atoms in total. The second kappa shape index (κ2) is 17.9. The Morgan fingerprint density at radius 3 is 2.42 bits per heavy atom. The fourth-order valence-corrected chi connectivity index (χ4v) is 8.31. The van der Waals surface area contributed by atoms with Crippen LogP contribution in [0.3, 0.4) is 0 Å². The third kappa shape index (κ3) is 9.94. The quantitative estimate of drug-likeness (QED) is 0.0934. The minimum Gasteiger partial charge on any atom is -0.493 e. The molecule has 0 aromatic heterocycles. The maximum atomic E-state index is 13.8. The lowest BCUT2D eigenvalue weighted by molar-refractivity contribution is -0.138. The molecule has 6 rings (SSSR count). The molecule has 3 heterocycles. The number of halogens is 5. The van der Waals surface area contributed by atoms with Crippen molar-refractivity contribution in [3.8, 4) is 11.8 Å². The number of hydrogen-bond donors (Lipinski definition) is 3. The Morgan fingerprint density at radius 2 is 1.75 bits per heavy atom. The number of thiocarbonyl (C=S) groups is 1. The van der Waals surface area contributed by atoms with Crippen LogP contribution in [-0.4, -0.2) is 78.1 Å². The number of benzene rings is 3. The molecule has 59 heavy (non-hydrogen) atoms. The average molecular weight is 856 g/mol. The number of nitrogens with zero attached hydrogens (tertiary/aromatic N) is 4. The van der Waals surface area contributed by atoms with Crippen LogP contribution in [0.4, 0.5) is 40.3 Å². The predicted octanol–water partition coefficient (Wildman–Crippen LogP) is 7.00. The van der Waals surface area contributed by atoms with Crippen LogP contribution in [0.1, 0.15) is 62.6 Å². The maximum Gasteiger partial charge on any atom is 0.417 e. The topological polar surface area (TPSA) is 147 Å². The van der Waals surface area contributed by atoms with E-state index in [2.05, 4.69) is 20.9 Å². The molecule has 0 bridgehead atoms. The molecule has 0 saturated carbocycles. The Bertz CT molecular complexity index is 2190. The number of carbonyl (C=O) groups is 4. The zero-order valence-corrected chi connectivity index (χ0v) is 33.8. The summed E-state index contributed by atoms with van der Waals surface area (Å²) >= 11 is 11.9. The van der Waals surface area contributed by atoms with Crippen molar-refractivity contribution in [3.05, 3.63) is 76.3 Å². The van der Waals surface area contributed by atoms with Gasteiger partial charge in [-0.25, -0.2) is 0 Å². The fraction of sp³-hybridized carbons (Fsp3) is 0.415. The van der Waals surface area contributed by atoms with Gasteiger partial charge in [-0.2, -0.15) is 18.4 Å². The highest BCUT2D eigenvalue weighted by Crippen LogP contribution is 2.41. The van der Waals surface area contributed by atoms with Crippen molar-refractivity contribution < 1.29 is 41.5 Å². The molecule has 1 atom stereocenters. The van der Waals surface area contributed by atoms with Gasteiger partial charge >= 0.3 is 6.18 Å². The first-order valence-corrected chi connectivity index (χ1v) is 19.8. The monoisotopic (exact) mass is 855 g/mol. The van der Waals surface area contributed by atoms with Crippen molar-refractivity contribution in [2.75, 3.05) is 53.3 Å². The van der Waals surface area contributed by atoms with Crippen molar-refractivity contribution in [1.29, 1.82) is 5.26 Å². The van der Waals surface area contributed by atoms with E-state index in [0.29, 0.717) is 65.4 Å². The summed E-state index contributed by atoms with van der Waals surface area (Å²) in [5.41, 5.74) is -1.23. The lowest BCUT2D eigenvalue weighted by atomic mass is 9.94. The molecule has 0 aliphatic carbocycles. The summed E-state index contributed by atoms with van der Waals surface area (Å²) in [6, 6.07) is 13.9. The van der Waals surface area contributed by atoms with Gasteiger partial charge in [-0.05, 0) is 131 Å². The summed E-state index contributed by atoms with van der Waals surface area (Å²) in [5.74, 6) is -0.736. The molecule has 3 aromatic rings. The molecular formula is C41H42ClF4N7O5S. The van der Waals surface area contributed by atoms with Gasteiger partial charge < -0.3 is 20.3 Å². The van der Waals surface area contributed by atoms with Gasteiger partial charge in [0.15, 0.2) is 5.11 Å². The molecule has 0 radical (unpaired) electrons. The number of rotatable bonds is 13. The molecule has 3 fully saturated rings. The van der Waals surface area contributed by atoms with Gasteiger partial charge in [0.2, 0.25) is 17.7 Å². The van der Waals surface area contributed by atoms with Crippen LogP contribution >= 0.6 is 23.8 Å². The second-order valence-electron chi connectivity index (χ2n) is 15.2. The van der Waals surface area contributed by atoms with Crippen molar-refractivity contribution in [1.82, 2.24) is 10.2 Å². The Morgan fingerprint density at radius 1 is 1.03 bits per heavy atom. The molecule has 4 amide bonds. The van der Waals surface area contributed by atoms with Gasteiger partial charge in [0, 0.05) is 34.9 Å². The van der Waals surface area contributed by atoms with Crippen LogP contribution in [0, 0.1) is 17.2 Å². The van der Waals surface area contributed by atoms with E-state index >= 15 is 0 Å². The molecule has 312 valence electrons. The van der Waals surface area contributed by atoms with Gasteiger partial charge in [0.1, 0.15) is 17.3 Å². The normalized spacial score (nSPS) is 18.8. The molecule has 0 spiro atoms. The Hall–Kier alpha value is -5.31. The van der Waals surface area contributed by atoms with E-state index in [1.807, 2.05) is 0 Å². The minimum absolute atomic E-state index is 0.0136. The number of piperidine rings is 2. The first-order chi connectivity index (χ1) is 28.0. The van der Waals surface area contributed by atoms with Crippen molar-refractivity contribution in [2.24, 2.45) is 5.92 Å². The molecule has 3 aromatic carbocycles. The van der Waals surface area contributed by atoms with Crippen molar-refractivity contribution in [3.63, 3.8) is 0 Å². The molecule has 3 N–H and O–H groups in total. The van der Waals surface area contributed by atoms with Crippen LogP contribution < -0.4 is 30.5 Å². The lowest BCUT2D eigenvalue weighted by Gasteiger charge is -2.31. The van der Waals surface area contributed by atoms with Crippen LogP contribution in [0.15, 0.2) is 54.6 Å². The predicted molar refractivity (Wildman–Crippen MR) is 218 cm³/mol.